The van der Waals surface area contributed by atoms with Gasteiger partial charge >= 0.3 is 5.69 Å². The van der Waals surface area contributed by atoms with E-state index in [1.165, 1.54) is 19.2 Å². The van der Waals surface area contributed by atoms with Crippen LogP contribution >= 0.6 is 0 Å². The van der Waals surface area contributed by atoms with Gasteiger partial charge in [0.25, 0.3) is 5.91 Å². The molecule has 3 aromatic heterocycles. The smallest absolute Gasteiger partial charge is 0.328 e. The average Bonchev–Trinajstić information content (AvgIpc) is 3.43. The standard InChI is InChI=1S/C29H23FN6O2/c1-31-28(37)21-7-4-18(14-22(21)30)19-5-8-24-23(15-19)33-27(17-10-12-32-13-11-17)36(24)20-6-9-25-26(16-20)35(3)29(38)34(25)2/h4-16H,1-3H3,(H,31,37). The van der Waals surface area contributed by atoms with Crippen LogP contribution in [0.15, 0.2) is 83.9 Å². The Morgan fingerprint density at radius 2 is 1.50 bits per heavy atom. The summed E-state index contributed by atoms with van der Waals surface area (Å²) in [4.78, 5) is 33.5. The second-order valence-corrected chi connectivity index (χ2v) is 9.06. The Bertz CT molecular complexity index is 1930. The number of fused-ring (bicyclic) bond motifs is 2. The molecule has 0 saturated heterocycles. The first kappa shape index (κ1) is 23.4. The summed E-state index contributed by atoms with van der Waals surface area (Å²) in [6.07, 6.45) is 3.43. The zero-order valence-electron chi connectivity index (χ0n) is 20.9. The molecule has 3 aromatic carbocycles. The van der Waals surface area contributed by atoms with Crippen molar-refractivity contribution in [1.29, 1.82) is 0 Å². The predicted octanol–water partition coefficient (Wildman–Crippen LogP) is 4.44. The first-order valence-corrected chi connectivity index (χ1v) is 12.0. The summed E-state index contributed by atoms with van der Waals surface area (Å²) in [5.74, 6) is -0.356. The number of hydrogen-bond acceptors (Lipinski definition) is 4. The molecule has 0 radical (unpaired) electrons. The highest BCUT2D eigenvalue weighted by Crippen LogP contribution is 2.32. The summed E-state index contributed by atoms with van der Waals surface area (Å²) in [5, 5.41) is 2.45. The number of amides is 1. The molecule has 9 heteroatoms. The highest BCUT2D eigenvalue weighted by molar-refractivity contribution is 5.95. The highest BCUT2D eigenvalue weighted by Gasteiger charge is 2.18. The van der Waals surface area contributed by atoms with Gasteiger partial charge in [0.1, 0.15) is 11.6 Å². The van der Waals surface area contributed by atoms with Crippen molar-refractivity contribution in [3.8, 4) is 28.2 Å². The number of pyridine rings is 1. The molecule has 6 aromatic rings. The Kier molecular flexibility index (Phi) is 5.41. The molecular formula is C29H23FN6O2. The van der Waals surface area contributed by atoms with Crippen molar-refractivity contribution in [1.82, 2.24) is 29.0 Å². The van der Waals surface area contributed by atoms with Crippen LogP contribution in [-0.4, -0.2) is 36.6 Å². The van der Waals surface area contributed by atoms with E-state index in [1.54, 1.807) is 41.7 Å². The number of carbonyl (C=O) groups excluding carboxylic acids is 1. The van der Waals surface area contributed by atoms with Gasteiger partial charge in [0.05, 0.1) is 27.6 Å². The van der Waals surface area contributed by atoms with Crippen LogP contribution in [0.3, 0.4) is 0 Å². The zero-order valence-corrected chi connectivity index (χ0v) is 20.9. The van der Waals surface area contributed by atoms with Gasteiger partial charge in [-0.2, -0.15) is 0 Å². The van der Waals surface area contributed by atoms with Crippen LogP contribution in [0.1, 0.15) is 10.4 Å². The number of imidazole rings is 2. The third kappa shape index (κ3) is 3.59. The van der Waals surface area contributed by atoms with Gasteiger partial charge in [0.2, 0.25) is 0 Å². The lowest BCUT2D eigenvalue weighted by atomic mass is 10.0. The minimum atomic E-state index is -0.591. The Labute approximate surface area is 216 Å². The third-order valence-corrected chi connectivity index (χ3v) is 6.88. The SMILES string of the molecule is CNC(=O)c1ccc(-c2ccc3c(c2)nc(-c2ccncc2)n3-c2ccc3c(c2)n(C)c(=O)n3C)cc1F. The Hall–Kier alpha value is -5.05. The van der Waals surface area contributed by atoms with Crippen molar-refractivity contribution in [2.24, 2.45) is 14.1 Å². The topological polar surface area (TPSA) is 86.7 Å². The van der Waals surface area contributed by atoms with E-state index in [2.05, 4.69) is 10.3 Å². The van der Waals surface area contributed by atoms with Gasteiger partial charge in [-0.3, -0.25) is 23.5 Å². The molecule has 0 atom stereocenters. The van der Waals surface area contributed by atoms with Crippen molar-refractivity contribution in [3.63, 3.8) is 0 Å². The summed E-state index contributed by atoms with van der Waals surface area (Å²) < 4.78 is 20.0. The number of benzene rings is 3. The second kappa shape index (κ2) is 8.81. The number of nitrogens with zero attached hydrogens (tertiary/aromatic N) is 5. The van der Waals surface area contributed by atoms with E-state index in [4.69, 9.17) is 4.98 Å². The number of carbonyl (C=O) groups is 1. The monoisotopic (exact) mass is 506 g/mol. The van der Waals surface area contributed by atoms with Crippen LogP contribution in [0, 0.1) is 5.82 Å². The van der Waals surface area contributed by atoms with Crippen molar-refractivity contribution in [2.75, 3.05) is 7.05 Å². The number of rotatable bonds is 4. The van der Waals surface area contributed by atoms with E-state index in [9.17, 15) is 14.0 Å². The van der Waals surface area contributed by atoms with Crippen LogP contribution in [0.5, 0.6) is 0 Å². The average molecular weight is 507 g/mol. The molecule has 1 amide bonds. The molecule has 0 aliphatic rings. The molecule has 0 saturated carbocycles. The number of halogens is 1. The molecule has 0 bridgehead atoms. The van der Waals surface area contributed by atoms with Crippen molar-refractivity contribution >= 4 is 28.0 Å². The molecule has 8 nitrogen and oxygen atoms in total. The quantitative estimate of drug-likeness (QED) is 0.383. The summed E-state index contributed by atoms with van der Waals surface area (Å²) >= 11 is 0. The normalized spacial score (nSPS) is 11.4. The van der Waals surface area contributed by atoms with Gasteiger partial charge in [0.15, 0.2) is 0 Å². The van der Waals surface area contributed by atoms with Crippen LogP contribution < -0.4 is 11.0 Å². The van der Waals surface area contributed by atoms with Gasteiger partial charge in [-0.1, -0.05) is 12.1 Å². The number of hydrogen-bond donors (Lipinski definition) is 1. The molecule has 3 heterocycles. The van der Waals surface area contributed by atoms with Crippen molar-refractivity contribution in [2.45, 2.75) is 0 Å². The molecule has 38 heavy (non-hydrogen) atoms. The summed E-state index contributed by atoms with van der Waals surface area (Å²) in [6.45, 7) is 0. The lowest BCUT2D eigenvalue weighted by Crippen LogP contribution is -2.19. The van der Waals surface area contributed by atoms with Crippen molar-refractivity contribution in [3.05, 3.63) is 101 Å². The van der Waals surface area contributed by atoms with Gasteiger partial charge in [-0.15, -0.1) is 0 Å². The maximum atomic E-state index is 14.7. The van der Waals surface area contributed by atoms with Gasteiger partial charge < -0.3 is 5.32 Å². The Morgan fingerprint density at radius 1 is 0.816 bits per heavy atom. The van der Waals surface area contributed by atoms with Crippen LogP contribution in [-0.2, 0) is 14.1 Å². The first-order valence-electron chi connectivity index (χ1n) is 12.0. The Balaban J connectivity index is 1.56. The zero-order chi connectivity index (χ0) is 26.6. The van der Waals surface area contributed by atoms with E-state index < -0.39 is 11.7 Å². The predicted molar refractivity (Wildman–Crippen MR) is 145 cm³/mol. The molecule has 0 aliphatic carbocycles. The molecule has 0 unspecified atom stereocenters. The van der Waals surface area contributed by atoms with E-state index in [0.29, 0.717) is 16.9 Å². The second-order valence-electron chi connectivity index (χ2n) is 9.06. The number of aryl methyl sites for hydroxylation is 2. The first-order chi connectivity index (χ1) is 18.4. The molecule has 0 spiro atoms. The highest BCUT2D eigenvalue weighted by atomic mass is 19.1. The summed E-state index contributed by atoms with van der Waals surface area (Å²) in [5.41, 5.74) is 6.23. The number of nitrogens with one attached hydrogen (secondary N) is 1. The molecule has 1 N–H and O–H groups in total. The maximum absolute atomic E-state index is 14.7. The minimum Gasteiger partial charge on any atom is -0.355 e. The van der Waals surface area contributed by atoms with Gasteiger partial charge in [-0.05, 0) is 65.7 Å². The Morgan fingerprint density at radius 3 is 2.24 bits per heavy atom. The van der Waals surface area contributed by atoms with Gasteiger partial charge in [-0.25, -0.2) is 14.2 Å². The van der Waals surface area contributed by atoms with Crippen molar-refractivity contribution < 1.29 is 9.18 Å². The third-order valence-electron chi connectivity index (χ3n) is 6.88. The molecule has 188 valence electrons. The maximum Gasteiger partial charge on any atom is 0.328 e. The van der Waals surface area contributed by atoms with Crippen LogP contribution in [0.4, 0.5) is 4.39 Å². The fourth-order valence-corrected chi connectivity index (χ4v) is 4.86. The van der Waals surface area contributed by atoms with Crippen LogP contribution in [0.2, 0.25) is 0 Å². The molecular weight excluding hydrogens is 483 g/mol. The summed E-state index contributed by atoms with van der Waals surface area (Å²) in [7, 11) is 4.98. The molecule has 0 aliphatic heterocycles. The van der Waals surface area contributed by atoms with Gasteiger partial charge in [0, 0.05) is 44.8 Å². The van der Waals surface area contributed by atoms with E-state index in [-0.39, 0.29) is 11.3 Å². The summed E-state index contributed by atoms with van der Waals surface area (Å²) in [6, 6.07) is 20.0. The van der Waals surface area contributed by atoms with E-state index >= 15 is 0 Å². The minimum absolute atomic E-state index is 0.00714. The molecule has 0 fully saturated rings. The lowest BCUT2D eigenvalue weighted by molar-refractivity contribution is 0.0959. The fraction of sp³-hybridized carbons (Fsp3) is 0.103. The van der Waals surface area contributed by atoms with E-state index in [1.807, 2.05) is 53.1 Å². The number of aromatic nitrogens is 5. The molecule has 6 rings (SSSR count). The van der Waals surface area contributed by atoms with E-state index in [0.717, 1.165) is 33.4 Å². The lowest BCUT2D eigenvalue weighted by Gasteiger charge is -2.11. The fourth-order valence-electron chi connectivity index (χ4n) is 4.86. The van der Waals surface area contributed by atoms with Crippen LogP contribution in [0.25, 0.3) is 50.3 Å². The largest absolute Gasteiger partial charge is 0.355 e.